The van der Waals surface area contributed by atoms with E-state index in [9.17, 15) is 9.59 Å². The van der Waals surface area contributed by atoms with Crippen molar-refractivity contribution in [2.45, 2.75) is 25.2 Å². The van der Waals surface area contributed by atoms with Gasteiger partial charge in [-0.2, -0.15) is 0 Å². The minimum absolute atomic E-state index is 0.0355. The van der Waals surface area contributed by atoms with Crippen molar-refractivity contribution in [3.63, 3.8) is 0 Å². The summed E-state index contributed by atoms with van der Waals surface area (Å²) in [4.78, 5) is 23.8. The highest BCUT2D eigenvalue weighted by atomic mass is 16.4. The van der Waals surface area contributed by atoms with Crippen LogP contribution in [0.15, 0.2) is 9.21 Å². The summed E-state index contributed by atoms with van der Waals surface area (Å²) in [7, 11) is 0. The average Bonchev–Trinajstić information content (AvgIpc) is 2.51. The van der Waals surface area contributed by atoms with Gasteiger partial charge in [-0.3, -0.25) is 9.78 Å². The van der Waals surface area contributed by atoms with Crippen LogP contribution in [0.4, 0.5) is 0 Å². The second-order valence-electron chi connectivity index (χ2n) is 3.19. The maximum absolute atomic E-state index is 10.8. The number of H-pyrrole nitrogens is 1. The van der Waals surface area contributed by atoms with Crippen molar-refractivity contribution in [3.8, 4) is 0 Å². The van der Waals surface area contributed by atoms with Crippen LogP contribution in [0.1, 0.15) is 30.2 Å². The lowest BCUT2D eigenvalue weighted by atomic mass is 10.0. The standard InChI is InChI=1S/C8H9NO4/c10-6(11)3-4-1-2-5-7(4)13-8(12)9-5/h4H,1-3H2,(H,9,12)(H,10,11). The van der Waals surface area contributed by atoms with Crippen LogP contribution in [0.2, 0.25) is 0 Å². The van der Waals surface area contributed by atoms with Crippen LogP contribution >= 0.6 is 0 Å². The van der Waals surface area contributed by atoms with Crippen LogP contribution < -0.4 is 5.76 Å². The van der Waals surface area contributed by atoms with E-state index >= 15 is 0 Å². The van der Waals surface area contributed by atoms with Gasteiger partial charge < -0.3 is 9.52 Å². The monoisotopic (exact) mass is 183 g/mol. The molecule has 2 N–H and O–H groups in total. The molecule has 1 aromatic rings. The number of carbonyl (C=O) groups is 1. The molecule has 13 heavy (non-hydrogen) atoms. The normalized spacial score (nSPS) is 20.2. The predicted molar refractivity (Wildman–Crippen MR) is 42.6 cm³/mol. The van der Waals surface area contributed by atoms with E-state index in [1.807, 2.05) is 0 Å². The molecule has 0 saturated carbocycles. The zero-order valence-corrected chi connectivity index (χ0v) is 6.87. The van der Waals surface area contributed by atoms with E-state index in [4.69, 9.17) is 9.52 Å². The van der Waals surface area contributed by atoms with Crippen molar-refractivity contribution >= 4 is 5.97 Å². The first kappa shape index (κ1) is 8.10. The van der Waals surface area contributed by atoms with Gasteiger partial charge in [0.15, 0.2) is 0 Å². The first-order valence-corrected chi connectivity index (χ1v) is 4.10. The summed E-state index contributed by atoms with van der Waals surface area (Å²) in [6.07, 6.45) is 1.49. The Morgan fingerprint density at radius 2 is 2.46 bits per heavy atom. The van der Waals surface area contributed by atoms with Crippen LogP contribution in [-0.4, -0.2) is 16.1 Å². The maximum atomic E-state index is 10.8. The molecule has 1 aromatic heterocycles. The minimum atomic E-state index is -0.860. The molecule has 0 aliphatic heterocycles. The summed E-state index contributed by atoms with van der Waals surface area (Å²) in [6, 6.07) is 0. The molecule has 5 heteroatoms. The molecule has 1 heterocycles. The van der Waals surface area contributed by atoms with Crippen molar-refractivity contribution in [2.24, 2.45) is 0 Å². The number of hydrogen-bond donors (Lipinski definition) is 2. The van der Waals surface area contributed by atoms with Crippen LogP contribution in [0, 0.1) is 0 Å². The smallest absolute Gasteiger partial charge is 0.416 e. The Morgan fingerprint density at radius 1 is 1.69 bits per heavy atom. The van der Waals surface area contributed by atoms with E-state index < -0.39 is 11.7 Å². The topological polar surface area (TPSA) is 83.3 Å². The summed E-state index contributed by atoms with van der Waals surface area (Å²) in [6.45, 7) is 0. The van der Waals surface area contributed by atoms with Crippen molar-refractivity contribution in [3.05, 3.63) is 22.0 Å². The van der Waals surface area contributed by atoms with Crippen molar-refractivity contribution in [1.29, 1.82) is 0 Å². The molecule has 1 atom stereocenters. The van der Waals surface area contributed by atoms with Crippen molar-refractivity contribution < 1.29 is 14.3 Å². The van der Waals surface area contributed by atoms with E-state index in [-0.39, 0.29) is 12.3 Å². The van der Waals surface area contributed by atoms with Crippen molar-refractivity contribution in [2.75, 3.05) is 0 Å². The van der Waals surface area contributed by atoms with Crippen LogP contribution in [-0.2, 0) is 11.2 Å². The van der Waals surface area contributed by atoms with Crippen LogP contribution in [0.5, 0.6) is 0 Å². The number of carboxylic acid groups (broad SMARTS) is 1. The molecule has 0 radical (unpaired) electrons. The number of aliphatic carboxylic acids is 1. The molecule has 0 fully saturated rings. The Morgan fingerprint density at radius 3 is 3.15 bits per heavy atom. The number of fused-ring (bicyclic) bond motifs is 1. The van der Waals surface area contributed by atoms with E-state index in [1.165, 1.54) is 0 Å². The third-order valence-corrected chi connectivity index (χ3v) is 2.29. The van der Waals surface area contributed by atoms with Gasteiger partial charge in [0.25, 0.3) is 0 Å². The summed E-state index contributed by atoms with van der Waals surface area (Å²) in [5, 5.41) is 8.58. The fraction of sp³-hybridized carbons (Fsp3) is 0.500. The molecule has 1 unspecified atom stereocenters. The van der Waals surface area contributed by atoms with Gasteiger partial charge in [-0.1, -0.05) is 0 Å². The lowest BCUT2D eigenvalue weighted by molar-refractivity contribution is -0.137. The molecular weight excluding hydrogens is 174 g/mol. The van der Waals surface area contributed by atoms with Gasteiger partial charge in [0, 0.05) is 5.92 Å². The number of aryl methyl sites for hydroxylation is 1. The summed E-state index contributed by atoms with van der Waals surface area (Å²) in [5.41, 5.74) is 0.760. The number of rotatable bonds is 2. The first-order valence-electron chi connectivity index (χ1n) is 4.10. The van der Waals surface area contributed by atoms with Gasteiger partial charge in [0.2, 0.25) is 0 Å². The Balaban J connectivity index is 2.27. The highest BCUT2D eigenvalue weighted by molar-refractivity contribution is 5.68. The van der Waals surface area contributed by atoms with Gasteiger partial charge in [0.1, 0.15) is 5.76 Å². The molecule has 0 amide bonds. The quantitative estimate of drug-likeness (QED) is 0.698. The third-order valence-electron chi connectivity index (χ3n) is 2.29. The second-order valence-corrected chi connectivity index (χ2v) is 3.19. The SMILES string of the molecule is O=C(O)CC1CCc2[nH]c(=O)oc21. The number of nitrogens with one attached hydrogen (secondary N) is 1. The first-order chi connectivity index (χ1) is 6.16. The molecule has 1 aliphatic rings. The van der Waals surface area contributed by atoms with E-state index in [0.29, 0.717) is 12.2 Å². The molecule has 0 aromatic carbocycles. The van der Waals surface area contributed by atoms with Gasteiger partial charge in [-0.25, -0.2) is 4.79 Å². The number of aromatic amines is 1. The zero-order valence-electron chi connectivity index (χ0n) is 6.87. The number of aromatic nitrogens is 1. The minimum Gasteiger partial charge on any atom is -0.481 e. The van der Waals surface area contributed by atoms with Gasteiger partial charge in [-0.15, -0.1) is 0 Å². The summed E-state index contributed by atoms with van der Waals surface area (Å²) >= 11 is 0. The van der Waals surface area contributed by atoms with E-state index in [0.717, 1.165) is 12.1 Å². The van der Waals surface area contributed by atoms with E-state index in [1.54, 1.807) is 0 Å². The van der Waals surface area contributed by atoms with Crippen molar-refractivity contribution in [1.82, 2.24) is 4.98 Å². The van der Waals surface area contributed by atoms with Gasteiger partial charge in [-0.05, 0) is 12.8 Å². The molecule has 70 valence electrons. The average molecular weight is 183 g/mol. The number of carboxylic acids is 1. The Kier molecular flexibility index (Phi) is 1.72. The predicted octanol–water partition coefficient (Wildman–Crippen LogP) is 0.472. The van der Waals surface area contributed by atoms with Crippen LogP contribution in [0.25, 0.3) is 0 Å². The van der Waals surface area contributed by atoms with Gasteiger partial charge in [0.05, 0.1) is 12.1 Å². The lowest BCUT2D eigenvalue weighted by Gasteiger charge is -2.02. The Bertz CT molecular complexity index is 389. The highest BCUT2D eigenvalue weighted by Gasteiger charge is 2.29. The summed E-state index contributed by atoms with van der Waals surface area (Å²) < 4.78 is 4.86. The lowest BCUT2D eigenvalue weighted by Crippen LogP contribution is -2.03. The zero-order chi connectivity index (χ0) is 9.42. The molecule has 0 bridgehead atoms. The third kappa shape index (κ3) is 1.37. The fourth-order valence-electron chi connectivity index (χ4n) is 1.74. The molecule has 0 saturated heterocycles. The van der Waals surface area contributed by atoms with E-state index in [2.05, 4.69) is 4.98 Å². The summed E-state index contributed by atoms with van der Waals surface area (Å²) in [5.74, 6) is -0.944. The number of hydrogen-bond acceptors (Lipinski definition) is 3. The fourth-order valence-corrected chi connectivity index (χ4v) is 1.74. The molecular formula is C8H9NO4. The van der Waals surface area contributed by atoms with Crippen LogP contribution in [0.3, 0.4) is 0 Å². The molecule has 1 aliphatic carbocycles. The Labute approximate surface area is 73.4 Å². The largest absolute Gasteiger partial charge is 0.481 e. The highest BCUT2D eigenvalue weighted by Crippen LogP contribution is 2.33. The molecule has 2 rings (SSSR count). The molecule has 5 nitrogen and oxygen atoms in total. The maximum Gasteiger partial charge on any atom is 0.416 e. The number of oxazole rings is 1. The van der Waals surface area contributed by atoms with Gasteiger partial charge >= 0.3 is 11.7 Å². The second kappa shape index (κ2) is 2.76. The molecule has 0 spiro atoms. The Hall–Kier alpha value is -1.52.